The molecule has 1 aliphatic rings. The third-order valence-electron chi connectivity index (χ3n) is 4.42. The maximum atomic E-state index is 12.8. The summed E-state index contributed by atoms with van der Waals surface area (Å²) in [6.45, 7) is 8.08. The normalized spacial score (nSPS) is 14.4. The van der Waals surface area contributed by atoms with E-state index in [1.165, 1.54) is 0 Å². The lowest BCUT2D eigenvalue weighted by Gasteiger charge is -2.27. The molecule has 0 atom stereocenters. The van der Waals surface area contributed by atoms with Gasteiger partial charge in [-0.05, 0) is 24.6 Å². The third-order valence-corrected chi connectivity index (χ3v) is 4.42. The third kappa shape index (κ3) is 2.36. The van der Waals surface area contributed by atoms with Crippen LogP contribution in [0.5, 0.6) is 0 Å². The van der Waals surface area contributed by atoms with Gasteiger partial charge in [0.15, 0.2) is 5.82 Å². The highest BCUT2D eigenvalue weighted by molar-refractivity contribution is 5.93. The van der Waals surface area contributed by atoms with Crippen LogP contribution in [0.25, 0.3) is 5.65 Å². The van der Waals surface area contributed by atoms with Gasteiger partial charge < -0.3 is 13.9 Å². The van der Waals surface area contributed by atoms with Crippen molar-refractivity contribution in [3.63, 3.8) is 0 Å². The standard InChI is InChI=1S/C17H20N6O/c1-11(2)16-20-19-15-10-22(6-7-23(15)16)17(24)13-9-21-5-4-12(3)8-14(21)18-13/h4-5,8-9,11H,6-7,10H2,1-3H3. The summed E-state index contributed by atoms with van der Waals surface area (Å²) >= 11 is 0. The van der Waals surface area contributed by atoms with Crippen molar-refractivity contribution in [2.75, 3.05) is 6.54 Å². The maximum absolute atomic E-state index is 12.8. The molecular formula is C17H20N6O. The molecule has 24 heavy (non-hydrogen) atoms. The van der Waals surface area contributed by atoms with E-state index in [1.54, 1.807) is 11.1 Å². The molecule has 3 aromatic heterocycles. The van der Waals surface area contributed by atoms with Gasteiger partial charge in [0.05, 0.1) is 6.54 Å². The van der Waals surface area contributed by atoms with Gasteiger partial charge >= 0.3 is 0 Å². The summed E-state index contributed by atoms with van der Waals surface area (Å²) in [5.74, 6) is 2.10. The van der Waals surface area contributed by atoms with Crippen molar-refractivity contribution in [1.29, 1.82) is 0 Å². The van der Waals surface area contributed by atoms with E-state index < -0.39 is 0 Å². The van der Waals surface area contributed by atoms with Gasteiger partial charge in [-0.1, -0.05) is 13.8 Å². The van der Waals surface area contributed by atoms with E-state index in [2.05, 4.69) is 33.6 Å². The first-order chi connectivity index (χ1) is 11.5. The first-order valence-electron chi connectivity index (χ1n) is 8.19. The van der Waals surface area contributed by atoms with Gasteiger partial charge in [-0.25, -0.2) is 4.98 Å². The molecule has 0 aliphatic carbocycles. The van der Waals surface area contributed by atoms with Crippen LogP contribution in [-0.2, 0) is 13.1 Å². The molecule has 124 valence electrons. The van der Waals surface area contributed by atoms with Crippen LogP contribution in [0.3, 0.4) is 0 Å². The minimum atomic E-state index is -0.0586. The predicted molar refractivity (Wildman–Crippen MR) is 88.8 cm³/mol. The molecule has 0 spiro atoms. The maximum Gasteiger partial charge on any atom is 0.274 e. The summed E-state index contributed by atoms with van der Waals surface area (Å²) in [6.07, 6.45) is 3.71. The summed E-state index contributed by atoms with van der Waals surface area (Å²) in [4.78, 5) is 19.1. The lowest BCUT2D eigenvalue weighted by molar-refractivity contribution is 0.0701. The Balaban J connectivity index is 1.60. The number of imidazole rings is 1. The molecule has 0 unspecified atom stereocenters. The van der Waals surface area contributed by atoms with Crippen LogP contribution < -0.4 is 0 Å². The van der Waals surface area contributed by atoms with Crippen LogP contribution in [0.2, 0.25) is 0 Å². The van der Waals surface area contributed by atoms with E-state index >= 15 is 0 Å². The van der Waals surface area contributed by atoms with Gasteiger partial charge in [0.25, 0.3) is 5.91 Å². The fourth-order valence-electron chi connectivity index (χ4n) is 3.13. The van der Waals surface area contributed by atoms with E-state index in [-0.39, 0.29) is 5.91 Å². The Kier molecular flexibility index (Phi) is 3.37. The number of aromatic nitrogens is 5. The molecule has 0 saturated heterocycles. The summed E-state index contributed by atoms with van der Waals surface area (Å²) in [6, 6.07) is 3.97. The highest BCUT2D eigenvalue weighted by Gasteiger charge is 2.27. The Bertz CT molecular complexity index is 922. The van der Waals surface area contributed by atoms with Gasteiger partial charge in [-0.3, -0.25) is 4.79 Å². The molecule has 4 rings (SSSR count). The Morgan fingerprint density at radius 3 is 2.88 bits per heavy atom. The highest BCUT2D eigenvalue weighted by Crippen LogP contribution is 2.19. The summed E-state index contributed by atoms with van der Waals surface area (Å²) in [5.41, 5.74) is 2.39. The van der Waals surface area contributed by atoms with Crippen molar-refractivity contribution in [1.82, 2.24) is 29.0 Å². The zero-order chi connectivity index (χ0) is 16.8. The molecule has 1 amide bonds. The minimum absolute atomic E-state index is 0.0586. The summed E-state index contributed by atoms with van der Waals surface area (Å²) in [7, 11) is 0. The van der Waals surface area contributed by atoms with Crippen LogP contribution in [0.4, 0.5) is 0 Å². The number of fused-ring (bicyclic) bond motifs is 2. The van der Waals surface area contributed by atoms with Crippen LogP contribution >= 0.6 is 0 Å². The van der Waals surface area contributed by atoms with Crippen molar-refractivity contribution < 1.29 is 4.79 Å². The van der Waals surface area contributed by atoms with Crippen molar-refractivity contribution in [2.45, 2.75) is 39.8 Å². The number of aryl methyl sites for hydroxylation is 1. The fraction of sp³-hybridized carbons (Fsp3) is 0.412. The van der Waals surface area contributed by atoms with Gasteiger partial charge in [0.2, 0.25) is 0 Å². The van der Waals surface area contributed by atoms with Gasteiger partial charge in [-0.15, -0.1) is 10.2 Å². The van der Waals surface area contributed by atoms with Gasteiger partial charge in [0.1, 0.15) is 17.2 Å². The number of pyridine rings is 1. The number of rotatable bonds is 2. The Labute approximate surface area is 139 Å². The van der Waals surface area contributed by atoms with E-state index in [1.807, 2.05) is 29.7 Å². The lowest BCUT2D eigenvalue weighted by atomic mass is 10.2. The molecule has 0 aromatic carbocycles. The molecule has 0 fully saturated rings. The second kappa shape index (κ2) is 5.43. The lowest BCUT2D eigenvalue weighted by Crippen LogP contribution is -2.39. The molecule has 0 N–H and O–H groups in total. The highest BCUT2D eigenvalue weighted by atomic mass is 16.2. The molecule has 0 saturated carbocycles. The van der Waals surface area contributed by atoms with Crippen LogP contribution in [0.1, 0.15) is 47.5 Å². The summed E-state index contributed by atoms with van der Waals surface area (Å²) < 4.78 is 4.00. The van der Waals surface area contributed by atoms with Crippen molar-refractivity contribution >= 4 is 11.6 Å². The largest absolute Gasteiger partial charge is 0.328 e. The predicted octanol–water partition coefficient (Wildman–Crippen LogP) is 2.01. The second-order valence-corrected chi connectivity index (χ2v) is 6.60. The monoisotopic (exact) mass is 324 g/mol. The number of nitrogens with zero attached hydrogens (tertiary/aromatic N) is 6. The van der Waals surface area contributed by atoms with Crippen molar-refractivity contribution in [3.05, 3.63) is 47.4 Å². The SMILES string of the molecule is Cc1ccn2cc(C(=O)N3CCn4c(nnc4C(C)C)C3)nc2c1. The zero-order valence-corrected chi connectivity index (χ0v) is 14.1. The van der Waals surface area contributed by atoms with E-state index in [0.29, 0.717) is 24.7 Å². The zero-order valence-electron chi connectivity index (χ0n) is 14.1. The molecule has 0 radical (unpaired) electrons. The number of carbonyl (C=O) groups excluding carboxylic acids is 1. The van der Waals surface area contributed by atoms with Crippen LogP contribution in [-0.4, -0.2) is 41.5 Å². The van der Waals surface area contributed by atoms with E-state index in [0.717, 1.165) is 29.4 Å². The molecular weight excluding hydrogens is 304 g/mol. The van der Waals surface area contributed by atoms with Crippen molar-refractivity contribution in [2.24, 2.45) is 0 Å². The second-order valence-electron chi connectivity index (χ2n) is 6.60. The van der Waals surface area contributed by atoms with Crippen LogP contribution in [0.15, 0.2) is 24.5 Å². The first kappa shape index (κ1) is 14.9. The Hall–Kier alpha value is -2.70. The minimum Gasteiger partial charge on any atom is -0.328 e. The average Bonchev–Trinajstić information content (AvgIpc) is 3.16. The molecule has 1 aliphatic heterocycles. The molecule has 7 nitrogen and oxygen atoms in total. The van der Waals surface area contributed by atoms with Crippen molar-refractivity contribution in [3.8, 4) is 0 Å². The quantitative estimate of drug-likeness (QED) is 0.723. The van der Waals surface area contributed by atoms with E-state index in [4.69, 9.17) is 0 Å². The fourth-order valence-corrected chi connectivity index (χ4v) is 3.13. The van der Waals surface area contributed by atoms with Gasteiger partial charge in [0, 0.05) is 31.4 Å². The Morgan fingerprint density at radius 2 is 2.08 bits per heavy atom. The number of carbonyl (C=O) groups is 1. The van der Waals surface area contributed by atoms with Crippen LogP contribution in [0, 0.1) is 6.92 Å². The smallest absolute Gasteiger partial charge is 0.274 e. The Morgan fingerprint density at radius 1 is 1.25 bits per heavy atom. The molecule has 0 bridgehead atoms. The molecule has 7 heteroatoms. The average molecular weight is 324 g/mol. The first-order valence-corrected chi connectivity index (χ1v) is 8.19. The molecule has 3 aromatic rings. The number of amides is 1. The molecule has 4 heterocycles. The topological polar surface area (TPSA) is 68.3 Å². The number of hydrogen-bond acceptors (Lipinski definition) is 4. The summed E-state index contributed by atoms with van der Waals surface area (Å²) in [5, 5.41) is 8.52. The number of hydrogen-bond donors (Lipinski definition) is 0. The van der Waals surface area contributed by atoms with Gasteiger partial charge in [-0.2, -0.15) is 0 Å². The van der Waals surface area contributed by atoms with E-state index in [9.17, 15) is 4.79 Å².